The quantitative estimate of drug-likeness (QED) is 0.849. The molecule has 0 aliphatic heterocycles. The molecule has 20 heavy (non-hydrogen) atoms. The van der Waals surface area contributed by atoms with E-state index in [1.165, 1.54) is 18.2 Å². The molecule has 0 saturated heterocycles. The van der Waals surface area contributed by atoms with Crippen LogP contribution in [-0.2, 0) is 10.0 Å². The minimum absolute atomic E-state index is 0.0352. The number of rotatable bonds is 3. The van der Waals surface area contributed by atoms with Gasteiger partial charge < -0.3 is 10.5 Å². The van der Waals surface area contributed by atoms with Gasteiger partial charge >= 0.3 is 0 Å². The number of nitrogen functional groups attached to an aromatic ring is 1. The average Bonchev–Trinajstić information content (AvgIpc) is 2.36. The van der Waals surface area contributed by atoms with Crippen LogP contribution in [-0.4, -0.2) is 8.42 Å². The normalized spacial score (nSPS) is 11.3. The number of sulfonamides is 1. The van der Waals surface area contributed by atoms with E-state index in [1.54, 1.807) is 6.07 Å². The van der Waals surface area contributed by atoms with Gasteiger partial charge in [-0.2, -0.15) is 0 Å². The summed E-state index contributed by atoms with van der Waals surface area (Å²) in [6.07, 6.45) is 0. The van der Waals surface area contributed by atoms with Crippen LogP contribution in [0.3, 0.4) is 0 Å². The van der Waals surface area contributed by atoms with E-state index in [1.807, 2.05) is 26.0 Å². The lowest BCUT2D eigenvalue weighted by Crippen LogP contribution is -2.12. The van der Waals surface area contributed by atoms with Crippen molar-refractivity contribution in [2.45, 2.75) is 18.7 Å². The second-order valence-corrected chi connectivity index (χ2v) is 6.11. The topological polar surface area (TPSA) is 95.4 Å². The highest BCUT2D eigenvalue weighted by Gasteiger charge is 2.12. The zero-order valence-electron chi connectivity index (χ0n) is 11.3. The van der Waals surface area contributed by atoms with Crippen molar-refractivity contribution in [2.24, 2.45) is 5.14 Å². The molecule has 0 amide bonds. The Bertz CT molecular complexity index is 755. The van der Waals surface area contributed by atoms with E-state index in [9.17, 15) is 8.42 Å². The van der Waals surface area contributed by atoms with E-state index in [0.717, 1.165) is 11.1 Å². The molecule has 6 heteroatoms. The van der Waals surface area contributed by atoms with E-state index in [-0.39, 0.29) is 10.6 Å². The lowest BCUT2D eigenvalue weighted by molar-refractivity contribution is 0.479. The molecular weight excluding hydrogens is 276 g/mol. The summed E-state index contributed by atoms with van der Waals surface area (Å²) in [4.78, 5) is -0.0352. The van der Waals surface area contributed by atoms with Crippen LogP contribution in [0.15, 0.2) is 41.3 Å². The first-order valence-corrected chi connectivity index (χ1v) is 7.50. The number of hydrogen-bond acceptors (Lipinski definition) is 4. The van der Waals surface area contributed by atoms with Crippen LogP contribution in [0.4, 0.5) is 5.69 Å². The second kappa shape index (κ2) is 5.15. The Morgan fingerprint density at radius 3 is 2.40 bits per heavy atom. The lowest BCUT2D eigenvalue weighted by Gasteiger charge is -2.13. The Kier molecular flexibility index (Phi) is 3.69. The number of hydrogen-bond donors (Lipinski definition) is 2. The Hall–Kier alpha value is -2.05. The third-order valence-electron chi connectivity index (χ3n) is 3.09. The van der Waals surface area contributed by atoms with Gasteiger partial charge in [0.05, 0.1) is 10.6 Å². The summed E-state index contributed by atoms with van der Waals surface area (Å²) < 4.78 is 28.4. The van der Waals surface area contributed by atoms with Gasteiger partial charge in [-0.3, -0.25) is 0 Å². The Balaban J connectivity index is 2.46. The smallest absolute Gasteiger partial charge is 0.238 e. The molecule has 0 fully saturated rings. The first-order valence-electron chi connectivity index (χ1n) is 5.95. The van der Waals surface area contributed by atoms with Crippen molar-refractivity contribution in [2.75, 3.05) is 5.73 Å². The third kappa shape index (κ3) is 2.92. The second-order valence-electron chi connectivity index (χ2n) is 4.54. The standard InChI is InChI=1S/C14H16N2O3S/c1-9-4-3-5-13(10(9)2)19-14-8-11(20(16,17)18)6-7-12(14)15/h3-8H,15H2,1-2H3,(H2,16,17,18). The van der Waals surface area contributed by atoms with E-state index in [2.05, 4.69) is 0 Å². The maximum atomic E-state index is 11.4. The number of benzene rings is 2. The largest absolute Gasteiger partial charge is 0.455 e. The summed E-state index contributed by atoms with van der Waals surface area (Å²) >= 11 is 0. The predicted molar refractivity (Wildman–Crippen MR) is 78.2 cm³/mol. The zero-order chi connectivity index (χ0) is 14.9. The Morgan fingerprint density at radius 1 is 1.05 bits per heavy atom. The highest BCUT2D eigenvalue weighted by molar-refractivity contribution is 7.89. The van der Waals surface area contributed by atoms with Crippen molar-refractivity contribution in [3.63, 3.8) is 0 Å². The van der Waals surface area contributed by atoms with Crippen molar-refractivity contribution in [3.8, 4) is 11.5 Å². The van der Waals surface area contributed by atoms with Crippen LogP contribution in [0.1, 0.15) is 11.1 Å². The number of ether oxygens (including phenoxy) is 1. The molecule has 2 aromatic carbocycles. The van der Waals surface area contributed by atoms with E-state index >= 15 is 0 Å². The monoisotopic (exact) mass is 292 g/mol. The third-order valence-corrected chi connectivity index (χ3v) is 4.00. The molecule has 0 saturated carbocycles. The van der Waals surface area contributed by atoms with Gasteiger partial charge in [-0.25, -0.2) is 13.6 Å². The van der Waals surface area contributed by atoms with Gasteiger partial charge in [-0.05, 0) is 43.2 Å². The fourth-order valence-corrected chi connectivity index (χ4v) is 2.26. The minimum Gasteiger partial charge on any atom is -0.455 e. The molecule has 0 spiro atoms. The highest BCUT2D eigenvalue weighted by atomic mass is 32.2. The van der Waals surface area contributed by atoms with Crippen LogP contribution in [0, 0.1) is 13.8 Å². The van der Waals surface area contributed by atoms with Gasteiger partial charge in [-0.1, -0.05) is 12.1 Å². The molecule has 106 valence electrons. The number of nitrogens with two attached hydrogens (primary N) is 2. The molecule has 0 atom stereocenters. The van der Waals surface area contributed by atoms with Crippen molar-refractivity contribution in [1.29, 1.82) is 0 Å². The van der Waals surface area contributed by atoms with Gasteiger partial charge in [0, 0.05) is 6.07 Å². The van der Waals surface area contributed by atoms with Crippen molar-refractivity contribution >= 4 is 15.7 Å². The van der Waals surface area contributed by atoms with Crippen LogP contribution in [0.5, 0.6) is 11.5 Å². The van der Waals surface area contributed by atoms with Crippen molar-refractivity contribution in [3.05, 3.63) is 47.5 Å². The van der Waals surface area contributed by atoms with Gasteiger partial charge in [-0.15, -0.1) is 0 Å². The van der Waals surface area contributed by atoms with Crippen molar-refractivity contribution in [1.82, 2.24) is 0 Å². The van der Waals surface area contributed by atoms with E-state index in [0.29, 0.717) is 11.4 Å². The van der Waals surface area contributed by atoms with Crippen molar-refractivity contribution < 1.29 is 13.2 Å². The molecule has 0 aliphatic carbocycles. The molecule has 0 radical (unpaired) electrons. The first kappa shape index (κ1) is 14.4. The highest BCUT2D eigenvalue weighted by Crippen LogP contribution is 2.32. The first-order chi connectivity index (χ1) is 9.29. The van der Waals surface area contributed by atoms with Crippen LogP contribution in [0.2, 0.25) is 0 Å². The molecule has 2 rings (SSSR count). The fraction of sp³-hybridized carbons (Fsp3) is 0.143. The molecule has 0 unspecified atom stereocenters. The predicted octanol–water partition coefficient (Wildman–Crippen LogP) is 2.33. The SMILES string of the molecule is Cc1cccc(Oc2cc(S(N)(=O)=O)ccc2N)c1C. The van der Waals surface area contributed by atoms with E-state index in [4.69, 9.17) is 15.6 Å². The van der Waals surface area contributed by atoms with Crippen LogP contribution in [0.25, 0.3) is 0 Å². The molecule has 0 bridgehead atoms. The Morgan fingerprint density at radius 2 is 1.75 bits per heavy atom. The van der Waals surface area contributed by atoms with E-state index < -0.39 is 10.0 Å². The molecule has 0 aliphatic rings. The van der Waals surface area contributed by atoms with Gasteiger partial charge in [0.15, 0.2) is 5.75 Å². The maximum Gasteiger partial charge on any atom is 0.238 e. The molecule has 0 aromatic heterocycles. The summed E-state index contributed by atoms with van der Waals surface area (Å²) in [5.74, 6) is 0.897. The molecule has 0 heterocycles. The summed E-state index contributed by atoms with van der Waals surface area (Å²) in [7, 11) is -3.79. The molecule has 5 nitrogen and oxygen atoms in total. The summed E-state index contributed by atoms with van der Waals surface area (Å²) in [6.45, 7) is 3.89. The summed E-state index contributed by atoms with van der Waals surface area (Å²) in [5, 5.41) is 5.10. The number of primary sulfonamides is 1. The Labute approximate surface area is 118 Å². The maximum absolute atomic E-state index is 11.4. The summed E-state index contributed by atoms with van der Waals surface area (Å²) in [6, 6.07) is 9.75. The fourth-order valence-electron chi connectivity index (χ4n) is 1.73. The van der Waals surface area contributed by atoms with Gasteiger partial charge in [0.25, 0.3) is 0 Å². The lowest BCUT2D eigenvalue weighted by atomic mass is 10.1. The zero-order valence-corrected chi connectivity index (χ0v) is 12.1. The van der Waals surface area contributed by atoms with Gasteiger partial charge in [0.1, 0.15) is 5.75 Å². The number of anilines is 1. The van der Waals surface area contributed by atoms with Crippen LogP contribution < -0.4 is 15.6 Å². The molecule has 4 N–H and O–H groups in total. The van der Waals surface area contributed by atoms with Gasteiger partial charge in [0.2, 0.25) is 10.0 Å². The number of aryl methyl sites for hydroxylation is 1. The summed E-state index contributed by atoms with van der Waals surface area (Å²) in [5.41, 5.74) is 8.19. The van der Waals surface area contributed by atoms with Crippen LogP contribution >= 0.6 is 0 Å². The minimum atomic E-state index is -3.79. The average molecular weight is 292 g/mol. The molecule has 2 aromatic rings. The molecular formula is C14H16N2O3S.